The largest absolute Gasteiger partial charge is 0.370 e. The Morgan fingerprint density at radius 3 is 3.00 bits per heavy atom. The molecule has 5 nitrogen and oxygen atoms in total. The van der Waals surface area contributed by atoms with Gasteiger partial charge >= 0.3 is 0 Å². The molecule has 1 aromatic heterocycles. The Kier molecular flexibility index (Phi) is 5.17. The van der Waals surface area contributed by atoms with Gasteiger partial charge in [-0.3, -0.25) is 0 Å². The SMILES string of the molecule is CCCCNC(N)=NCc1ccccc1-n1ccnc1. The number of rotatable bonds is 6. The second-order valence-corrected chi connectivity index (χ2v) is 4.58. The second kappa shape index (κ2) is 7.33. The van der Waals surface area contributed by atoms with Crippen LogP contribution in [0.4, 0.5) is 0 Å². The van der Waals surface area contributed by atoms with E-state index in [4.69, 9.17) is 5.73 Å². The van der Waals surface area contributed by atoms with E-state index in [1.54, 1.807) is 12.5 Å². The summed E-state index contributed by atoms with van der Waals surface area (Å²) in [6, 6.07) is 8.11. The molecule has 0 bridgehead atoms. The molecule has 2 rings (SSSR count). The Balaban J connectivity index is 2.05. The average molecular weight is 271 g/mol. The van der Waals surface area contributed by atoms with Gasteiger partial charge in [-0.05, 0) is 18.1 Å². The fraction of sp³-hybridized carbons (Fsp3) is 0.333. The molecule has 0 radical (unpaired) electrons. The van der Waals surface area contributed by atoms with Gasteiger partial charge in [-0.25, -0.2) is 9.98 Å². The maximum absolute atomic E-state index is 5.85. The van der Waals surface area contributed by atoms with Crippen LogP contribution in [0.2, 0.25) is 0 Å². The summed E-state index contributed by atoms with van der Waals surface area (Å²) < 4.78 is 1.98. The second-order valence-electron chi connectivity index (χ2n) is 4.58. The van der Waals surface area contributed by atoms with Crippen LogP contribution in [0, 0.1) is 0 Å². The molecule has 1 heterocycles. The highest BCUT2D eigenvalue weighted by Crippen LogP contribution is 2.14. The highest BCUT2D eigenvalue weighted by atomic mass is 15.1. The van der Waals surface area contributed by atoms with E-state index in [9.17, 15) is 0 Å². The van der Waals surface area contributed by atoms with Gasteiger partial charge in [-0.1, -0.05) is 31.5 Å². The van der Waals surface area contributed by atoms with Crippen molar-refractivity contribution in [1.29, 1.82) is 0 Å². The van der Waals surface area contributed by atoms with Crippen LogP contribution < -0.4 is 11.1 Å². The zero-order chi connectivity index (χ0) is 14.2. The molecule has 0 fully saturated rings. The molecule has 5 heteroatoms. The van der Waals surface area contributed by atoms with Gasteiger partial charge in [-0.15, -0.1) is 0 Å². The van der Waals surface area contributed by atoms with Crippen LogP contribution in [0.5, 0.6) is 0 Å². The number of guanidine groups is 1. The van der Waals surface area contributed by atoms with Crippen LogP contribution in [0.1, 0.15) is 25.3 Å². The standard InChI is InChI=1S/C15H21N5/c1-2-3-8-18-15(16)19-11-13-6-4-5-7-14(13)20-10-9-17-12-20/h4-7,9-10,12H,2-3,8,11H2,1H3,(H3,16,18,19). The predicted octanol–water partition coefficient (Wildman–Crippen LogP) is 2.08. The van der Waals surface area contributed by atoms with Gasteiger partial charge < -0.3 is 15.6 Å². The first-order valence-electron chi connectivity index (χ1n) is 6.91. The minimum absolute atomic E-state index is 0.499. The Morgan fingerprint density at radius 2 is 2.25 bits per heavy atom. The molecule has 0 aliphatic rings. The smallest absolute Gasteiger partial charge is 0.188 e. The first-order chi connectivity index (χ1) is 9.81. The van der Waals surface area contributed by atoms with Gasteiger partial charge in [-0.2, -0.15) is 0 Å². The molecular formula is C15H21N5. The number of para-hydroxylation sites is 1. The van der Waals surface area contributed by atoms with Crippen LogP contribution in [0.15, 0.2) is 48.0 Å². The summed E-state index contributed by atoms with van der Waals surface area (Å²) in [5.41, 5.74) is 8.05. The van der Waals surface area contributed by atoms with E-state index < -0.39 is 0 Å². The van der Waals surface area contributed by atoms with Crippen LogP contribution >= 0.6 is 0 Å². The molecule has 1 aromatic carbocycles. The van der Waals surface area contributed by atoms with Gasteiger partial charge in [0.1, 0.15) is 0 Å². The Bertz CT molecular complexity index is 545. The van der Waals surface area contributed by atoms with Crippen LogP contribution in [-0.2, 0) is 6.54 Å². The van der Waals surface area contributed by atoms with Crippen molar-refractivity contribution in [3.05, 3.63) is 48.5 Å². The van der Waals surface area contributed by atoms with Crippen molar-refractivity contribution in [1.82, 2.24) is 14.9 Å². The van der Waals surface area contributed by atoms with Gasteiger partial charge in [0.05, 0.1) is 18.6 Å². The minimum atomic E-state index is 0.499. The molecule has 20 heavy (non-hydrogen) atoms. The maximum Gasteiger partial charge on any atom is 0.188 e. The first kappa shape index (κ1) is 14.1. The van der Waals surface area contributed by atoms with Crippen LogP contribution in [0.3, 0.4) is 0 Å². The Labute approximate surface area is 119 Å². The monoisotopic (exact) mass is 271 g/mol. The number of aromatic nitrogens is 2. The van der Waals surface area contributed by atoms with E-state index >= 15 is 0 Å². The van der Waals surface area contributed by atoms with Gasteiger partial charge in [0.25, 0.3) is 0 Å². The lowest BCUT2D eigenvalue weighted by Gasteiger charge is -2.09. The molecule has 0 aliphatic carbocycles. The van der Waals surface area contributed by atoms with Gasteiger partial charge in [0.2, 0.25) is 0 Å². The van der Waals surface area contributed by atoms with Crippen molar-refractivity contribution < 1.29 is 0 Å². The number of hydrogen-bond donors (Lipinski definition) is 2. The molecule has 0 atom stereocenters. The Hall–Kier alpha value is -2.30. The highest BCUT2D eigenvalue weighted by Gasteiger charge is 2.02. The molecule has 2 aromatic rings. The van der Waals surface area contributed by atoms with Crippen molar-refractivity contribution >= 4 is 5.96 Å². The van der Waals surface area contributed by atoms with E-state index in [1.165, 1.54) is 0 Å². The number of aliphatic imine (C=N–C) groups is 1. The highest BCUT2D eigenvalue weighted by molar-refractivity contribution is 5.77. The number of hydrogen-bond acceptors (Lipinski definition) is 2. The topological polar surface area (TPSA) is 68.2 Å². The molecule has 106 valence electrons. The molecule has 3 N–H and O–H groups in total. The number of nitrogens with two attached hydrogens (primary N) is 1. The number of nitrogens with zero attached hydrogens (tertiary/aromatic N) is 3. The fourth-order valence-corrected chi connectivity index (χ4v) is 1.92. The molecule has 0 amide bonds. The quantitative estimate of drug-likeness (QED) is 0.480. The third kappa shape index (κ3) is 3.85. The molecule has 0 aliphatic heterocycles. The lowest BCUT2D eigenvalue weighted by molar-refractivity contribution is 0.748. The molecular weight excluding hydrogens is 250 g/mol. The summed E-state index contributed by atoms with van der Waals surface area (Å²) in [6.45, 7) is 3.57. The summed E-state index contributed by atoms with van der Waals surface area (Å²) in [5, 5.41) is 3.12. The van der Waals surface area contributed by atoms with E-state index in [1.807, 2.05) is 29.0 Å². The fourth-order valence-electron chi connectivity index (χ4n) is 1.92. The third-order valence-electron chi connectivity index (χ3n) is 3.03. The van der Waals surface area contributed by atoms with Gasteiger partial charge in [0, 0.05) is 18.9 Å². The summed E-state index contributed by atoms with van der Waals surface area (Å²) >= 11 is 0. The van der Waals surface area contributed by atoms with E-state index in [0.717, 1.165) is 30.6 Å². The number of unbranched alkanes of at least 4 members (excludes halogenated alkanes) is 1. The van der Waals surface area contributed by atoms with Crippen molar-refractivity contribution in [2.75, 3.05) is 6.54 Å². The molecule has 0 saturated heterocycles. The Morgan fingerprint density at radius 1 is 1.40 bits per heavy atom. The predicted molar refractivity (Wildman–Crippen MR) is 81.8 cm³/mol. The van der Waals surface area contributed by atoms with Crippen molar-refractivity contribution in [3.63, 3.8) is 0 Å². The number of nitrogens with one attached hydrogen (secondary N) is 1. The molecule has 0 saturated carbocycles. The lowest BCUT2D eigenvalue weighted by atomic mass is 10.2. The third-order valence-corrected chi connectivity index (χ3v) is 3.03. The van der Waals surface area contributed by atoms with Crippen molar-refractivity contribution in [2.45, 2.75) is 26.3 Å². The van der Waals surface area contributed by atoms with Crippen LogP contribution in [0.25, 0.3) is 5.69 Å². The molecule has 0 unspecified atom stereocenters. The summed E-state index contributed by atoms with van der Waals surface area (Å²) in [5.74, 6) is 0.499. The summed E-state index contributed by atoms with van der Waals surface area (Å²) in [6.07, 6.45) is 7.71. The number of benzene rings is 1. The van der Waals surface area contributed by atoms with E-state index in [2.05, 4.69) is 28.3 Å². The number of imidazole rings is 1. The summed E-state index contributed by atoms with van der Waals surface area (Å²) in [4.78, 5) is 8.46. The van der Waals surface area contributed by atoms with Crippen LogP contribution in [-0.4, -0.2) is 22.1 Å². The van der Waals surface area contributed by atoms with Crippen molar-refractivity contribution in [2.24, 2.45) is 10.7 Å². The summed E-state index contributed by atoms with van der Waals surface area (Å²) in [7, 11) is 0. The maximum atomic E-state index is 5.85. The van der Waals surface area contributed by atoms with E-state index in [-0.39, 0.29) is 0 Å². The zero-order valence-electron chi connectivity index (χ0n) is 11.8. The minimum Gasteiger partial charge on any atom is -0.370 e. The first-order valence-corrected chi connectivity index (χ1v) is 6.91. The zero-order valence-corrected chi connectivity index (χ0v) is 11.8. The van der Waals surface area contributed by atoms with Gasteiger partial charge in [0.15, 0.2) is 5.96 Å². The van der Waals surface area contributed by atoms with Crippen molar-refractivity contribution in [3.8, 4) is 5.69 Å². The average Bonchev–Trinajstić information content (AvgIpc) is 3.00. The van der Waals surface area contributed by atoms with E-state index in [0.29, 0.717) is 12.5 Å². The molecule has 0 spiro atoms. The normalized spacial score (nSPS) is 11.6. The lowest BCUT2D eigenvalue weighted by Crippen LogP contribution is -2.32.